The standard InChI is InChI=1S/C13H19NO3/c1-9-8-10(2)14(6-5-7-17-4)13(16)12(9)11(3)15/h8H,5-7H2,1-4H3. The second-order valence-corrected chi connectivity index (χ2v) is 4.20. The van der Waals surface area contributed by atoms with Gasteiger partial charge >= 0.3 is 0 Å². The van der Waals surface area contributed by atoms with Crippen LogP contribution >= 0.6 is 0 Å². The van der Waals surface area contributed by atoms with Crippen LogP contribution in [0.3, 0.4) is 0 Å². The third-order valence-corrected chi connectivity index (χ3v) is 2.79. The van der Waals surface area contributed by atoms with Gasteiger partial charge in [-0.25, -0.2) is 0 Å². The molecular formula is C13H19NO3. The Morgan fingerprint density at radius 3 is 2.59 bits per heavy atom. The number of carbonyl (C=O) groups excluding carboxylic acids is 1. The molecule has 0 N–H and O–H groups in total. The first-order valence-electron chi connectivity index (χ1n) is 5.70. The van der Waals surface area contributed by atoms with Gasteiger partial charge in [0.25, 0.3) is 5.56 Å². The van der Waals surface area contributed by atoms with Crippen LogP contribution in [0.15, 0.2) is 10.9 Å². The maximum absolute atomic E-state index is 12.1. The van der Waals surface area contributed by atoms with Gasteiger partial charge in [-0.2, -0.15) is 0 Å². The molecule has 0 fully saturated rings. The molecule has 0 aromatic carbocycles. The maximum Gasteiger partial charge on any atom is 0.261 e. The predicted molar refractivity (Wildman–Crippen MR) is 66.7 cm³/mol. The van der Waals surface area contributed by atoms with Crippen molar-refractivity contribution in [3.8, 4) is 0 Å². The van der Waals surface area contributed by atoms with Crippen LogP contribution in [0.5, 0.6) is 0 Å². The molecule has 4 heteroatoms. The summed E-state index contributed by atoms with van der Waals surface area (Å²) in [4.78, 5) is 23.6. The second-order valence-electron chi connectivity index (χ2n) is 4.20. The number of carbonyl (C=O) groups is 1. The van der Waals surface area contributed by atoms with Gasteiger partial charge in [0.15, 0.2) is 5.78 Å². The van der Waals surface area contributed by atoms with E-state index in [2.05, 4.69) is 0 Å². The first-order chi connectivity index (χ1) is 7.99. The fourth-order valence-electron chi connectivity index (χ4n) is 2.00. The Morgan fingerprint density at radius 2 is 2.06 bits per heavy atom. The number of rotatable bonds is 5. The Balaban J connectivity index is 3.17. The molecule has 0 saturated heterocycles. The second kappa shape index (κ2) is 5.77. The van der Waals surface area contributed by atoms with Crippen molar-refractivity contribution in [2.45, 2.75) is 33.7 Å². The fourth-order valence-corrected chi connectivity index (χ4v) is 2.00. The van der Waals surface area contributed by atoms with Crippen LogP contribution in [0.25, 0.3) is 0 Å². The smallest absolute Gasteiger partial charge is 0.261 e. The topological polar surface area (TPSA) is 48.3 Å². The van der Waals surface area contributed by atoms with Crippen LogP contribution in [0.2, 0.25) is 0 Å². The van der Waals surface area contributed by atoms with Crippen molar-refractivity contribution in [1.29, 1.82) is 0 Å². The number of aryl methyl sites for hydroxylation is 2. The van der Waals surface area contributed by atoms with Gasteiger partial charge in [0.1, 0.15) is 0 Å². The van der Waals surface area contributed by atoms with E-state index in [1.54, 1.807) is 18.6 Å². The van der Waals surface area contributed by atoms with E-state index in [-0.39, 0.29) is 11.3 Å². The SMILES string of the molecule is COCCCn1c(C)cc(C)c(C(C)=O)c1=O. The van der Waals surface area contributed by atoms with Crippen LogP contribution in [-0.4, -0.2) is 24.1 Å². The minimum atomic E-state index is -0.189. The minimum absolute atomic E-state index is 0.173. The van der Waals surface area contributed by atoms with Crippen molar-refractivity contribution < 1.29 is 9.53 Å². The maximum atomic E-state index is 12.1. The lowest BCUT2D eigenvalue weighted by molar-refractivity contribution is 0.101. The summed E-state index contributed by atoms with van der Waals surface area (Å²) in [5, 5.41) is 0. The molecule has 4 nitrogen and oxygen atoms in total. The zero-order valence-electron chi connectivity index (χ0n) is 10.9. The number of hydrogen-bond donors (Lipinski definition) is 0. The van der Waals surface area contributed by atoms with Crippen molar-refractivity contribution in [1.82, 2.24) is 4.57 Å². The number of pyridine rings is 1. The molecule has 0 aliphatic carbocycles. The van der Waals surface area contributed by atoms with E-state index in [1.807, 2.05) is 13.0 Å². The number of aromatic nitrogens is 1. The summed E-state index contributed by atoms with van der Waals surface area (Å²) in [6.45, 7) is 6.29. The molecule has 0 bridgehead atoms. The first-order valence-corrected chi connectivity index (χ1v) is 5.70. The highest BCUT2D eigenvalue weighted by Gasteiger charge is 2.13. The van der Waals surface area contributed by atoms with Gasteiger partial charge in [-0.1, -0.05) is 0 Å². The van der Waals surface area contributed by atoms with Crippen LogP contribution < -0.4 is 5.56 Å². The molecule has 1 rings (SSSR count). The quantitative estimate of drug-likeness (QED) is 0.578. The molecule has 0 atom stereocenters. The summed E-state index contributed by atoms with van der Waals surface area (Å²) in [5.41, 5.74) is 1.75. The number of methoxy groups -OCH3 is 1. The van der Waals surface area contributed by atoms with Crippen molar-refractivity contribution in [2.24, 2.45) is 0 Å². The molecule has 17 heavy (non-hydrogen) atoms. The Labute approximate surface area is 101 Å². The van der Waals surface area contributed by atoms with Crippen molar-refractivity contribution in [3.63, 3.8) is 0 Å². The zero-order chi connectivity index (χ0) is 13.0. The Bertz CT molecular complexity index is 474. The average molecular weight is 237 g/mol. The van der Waals surface area contributed by atoms with E-state index in [0.717, 1.165) is 17.7 Å². The highest BCUT2D eigenvalue weighted by Crippen LogP contribution is 2.07. The Hall–Kier alpha value is -1.42. The molecule has 0 amide bonds. The summed E-state index contributed by atoms with van der Waals surface area (Å²) in [5.74, 6) is -0.173. The third kappa shape index (κ3) is 3.03. The van der Waals surface area contributed by atoms with E-state index in [0.29, 0.717) is 18.7 Å². The first kappa shape index (κ1) is 13.6. The van der Waals surface area contributed by atoms with Crippen molar-refractivity contribution in [3.05, 3.63) is 33.2 Å². The van der Waals surface area contributed by atoms with Gasteiger partial charge in [0.05, 0.1) is 5.56 Å². The van der Waals surface area contributed by atoms with E-state index >= 15 is 0 Å². The molecule has 0 aliphatic rings. The van der Waals surface area contributed by atoms with Crippen molar-refractivity contribution in [2.75, 3.05) is 13.7 Å². The average Bonchev–Trinajstić information content (AvgIpc) is 2.21. The van der Waals surface area contributed by atoms with Gasteiger partial charge in [0.2, 0.25) is 0 Å². The molecule has 1 aromatic heterocycles. The molecule has 0 unspecified atom stereocenters. The molecule has 0 saturated carbocycles. The number of ketones is 1. The van der Waals surface area contributed by atoms with E-state index in [1.165, 1.54) is 6.92 Å². The van der Waals surface area contributed by atoms with Gasteiger partial charge in [-0.3, -0.25) is 9.59 Å². The number of hydrogen-bond acceptors (Lipinski definition) is 3. The fraction of sp³-hybridized carbons (Fsp3) is 0.538. The van der Waals surface area contributed by atoms with Crippen LogP contribution in [0.1, 0.15) is 35.0 Å². The van der Waals surface area contributed by atoms with Crippen LogP contribution in [-0.2, 0) is 11.3 Å². The van der Waals surface area contributed by atoms with Gasteiger partial charge in [-0.05, 0) is 38.8 Å². The van der Waals surface area contributed by atoms with Gasteiger partial charge in [0, 0.05) is 26.0 Å². The number of ether oxygens (including phenoxy) is 1. The Kier molecular flexibility index (Phi) is 4.63. The lowest BCUT2D eigenvalue weighted by atomic mass is 10.1. The van der Waals surface area contributed by atoms with E-state index < -0.39 is 0 Å². The summed E-state index contributed by atoms with van der Waals surface area (Å²) < 4.78 is 6.60. The van der Waals surface area contributed by atoms with Crippen LogP contribution in [0.4, 0.5) is 0 Å². The highest BCUT2D eigenvalue weighted by molar-refractivity contribution is 5.95. The molecule has 0 spiro atoms. The Morgan fingerprint density at radius 1 is 1.41 bits per heavy atom. The lowest BCUT2D eigenvalue weighted by Crippen LogP contribution is -2.29. The summed E-state index contributed by atoms with van der Waals surface area (Å²) >= 11 is 0. The summed E-state index contributed by atoms with van der Waals surface area (Å²) in [7, 11) is 1.63. The van der Waals surface area contributed by atoms with Gasteiger partial charge in [-0.15, -0.1) is 0 Å². The minimum Gasteiger partial charge on any atom is -0.385 e. The number of Topliss-reactive ketones (excluding diaryl/α,β-unsaturated/α-hetero) is 1. The third-order valence-electron chi connectivity index (χ3n) is 2.79. The molecule has 1 aromatic rings. The monoisotopic (exact) mass is 237 g/mol. The molecule has 0 aliphatic heterocycles. The predicted octanol–water partition coefficient (Wildman–Crippen LogP) is 1.70. The van der Waals surface area contributed by atoms with Crippen molar-refractivity contribution >= 4 is 5.78 Å². The van der Waals surface area contributed by atoms with E-state index in [9.17, 15) is 9.59 Å². The largest absolute Gasteiger partial charge is 0.385 e. The molecule has 0 radical (unpaired) electrons. The lowest BCUT2D eigenvalue weighted by Gasteiger charge is -2.12. The summed E-state index contributed by atoms with van der Waals surface area (Å²) in [6, 6.07) is 1.88. The molecule has 1 heterocycles. The van der Waals surface area contributed by atoms with Crippen LogP contribution in [0, 0.1) is 13.8 Å². The highest BCUT2D eigenvalue weighted by atomic mass is 16.5. The van der Waals surface area contributed by atoms with Gasteiger partial charge < -0.3 is 9.30 Å². The number of nitrogens with zero attached hydrogens (tertiary/aromatic N) is 1. The molecular weight excluding hydrogens is 218 g/mol. The summed E-state index contributed by atoms with van der Waals surface area (Å²) in [6.07, 6.45) is 0.762. The zero-order valence-corrected chi connectivity index (χ0v) is 10.9. The normalized spacial score (nSPS) is 10.6. The molecule has 94 valence electrons. The van der Waals surface area contributed by atoms with E-state index in [4.69, 9.17) is 4.74 Å².